The summed E-state index contributed by atoms with van der Waals surface area (Å²) in [5, 5.41) is 8.57. The highest BCUT2D eigenvalue weighted by molar-refractivity contribution is 9.11. The molecule has 0 aromatic heterocycles. The van der Waals surface area contributed by atoms with Crippen LogP contribution in [0.2, 0.25) is 0 Å². The van der Waals surface area contributed by atoms with Gasteiger partial charge in [-0.15, -0.1) is 0 Å². The average Bonchev–Trinajstić information content (AvgIpc) is 2.30. The first kappa shape index (κ1) is 15.6. The van der Waals surface area contributed by atoms with Crippen LogP contribution in [0.1, 0.15) is 5.56 Å². The lowest BCUT2D eigenvalue weighted by Crippen LogP contribution is -2.01. The number of hydrogen-bond acceptors (Lipinski definition) is 3. The van der Waals surface area contributed by atoms with E-state index >= 15 is 0 Å². The summed E-state index contributed by atoms with van der Waals surface area (Å²) in [7, 11) is 0. The standard InChI is InChI=1S/C12H12Br2O3S/c1-18-5-4-17-12-9(13)6-8(7-10(12)14)2-3-11(15)16/h2-3,6-7H,4-5H2,1H3,(H,15,16)/b3-2+. The molecule has 0 saturated heterocycles. The number of aliphatic carboxylic acids is 1. The monoisotopic (exact) mass is 394 g/mol. The van der Waals surface area contributed by atoms with E-state index in [1.807, 2.05) is 18.4 Å². The van der Waals surface area contributed by atoms with Crippen molar-refractivity contribution in [2.75, 3.05) is 18.6 Å². The predicted octanol–water partition coefficient (Wildman–Crippen LogP) is 4.05. The van der Waals surface area contributed by atoms with Crippen molar-refractivity contribution in [2.24, 2.45) is 0 Å². The molecule has 0 unspecified atom stereocenters. The van der Waals surface area contributed by atoms with E-state index in [0.717, 1.165) is 32.1 Å². The zero-order chi connectivity index (χ0) is 13.5. The van der Waals surface area contributed by atoms with E-state index in [9.17, 15) is 4.79 Å². The Bertz CT molecular complexity index is 438. The lowest BCUT2D eigenvalue weighted by atomic mass is 10.2. The van der Waals surface area contributed by atoms with Gasteiger partial charge in [0, 0.05) is 11.8 Å². The van der Waals surface area contributed by atoms with Gasteiger partial charge in [-0.3, -0.25) is 0 Å². The van der Waals surface area contributed by atoms with Crippen molar-refractivity contribution < 1.29 is 14.6 Å². The topological polar surface area (TPSA) is 46.5 Å². The van der Waals surface area contributed by atoms with E-state index < -0.39 is 5.97 Å². The van der Waals surface area contributed by atoms with E-state index in [2.05, 4.69) is 31.9 Å². The van der Waals surface area contributed by atoms with Gasteiger partial charge < -0.3 is 9.84 Å². The molecular weight excluding hydrogens is 384 g/mol. The van der Waals surface area contributed by atoms with Gasteiger partial charge in [-0.1, -0.05) is 0 Å². The van der Waals surface area contributed by atoms with Crippen molar-refractivity contribution in [3.8, 4) is 5.75 Å². The van der Waals surface area contributed by atoms with Gasteiger partial charge in [-0.05, 0) is 61.9 Å². The van der Waals surface area contributed by atoms with Gasteiger partial charge in [0.25, 0.3) is 0 Å². The molecule has 0 saturated carbocycles. The third kappa shape index (κ3) is 5.04. The molecule has 0 aliphatic heterocycles. The van der Waals surface area contributed by atoms with Crippen molar-refractivity contribution in [1.82, 2.24) is 0 Å². The number of thioether (sulfide) groups is 1. The minimum Gasteiger partial charge on any atom is -0.490 e. The average molecular weight is 396 g/mol. The van der Waals surface area contributed by atoms with Crippen LogP contribution in [0.25, 0.3) is 6.08 Å². The largest absolute Gasteiger partial charge is 0.490 e. The highest BCUT2D eigenvalue weighted by atomic mass is 79.9. The van der Waals surface area contributed by atoms with Gasteiger partial charge in [0.2, 0.25) is 0 Å². The van der Waals surface area contributed by atoms with Gasteiger partial charge in [0.15, 0.2) is 0 Å². The molecule has 6 heteroatoms. The maximum absolute atomic E-state index is 10.4. The Kier molecular flexibility index (Phi) is 6.81. The van der Waals surface area contributed by atoms with Crippen LogP contribution in [-0.2, 0) is 4.79 Å². The maximum atomic E-state index is 10.4. The fourth-order valence-corrected chi connectivity index (χ4v) is 2.91. The highest BCUT2D eigenvalue weighted by Gasteiger charge is 2.08. The Morgan fingerprint density at radius 3 is 2.56 bits per heavy atom. The molecule has 0 heterocycles. The van der Waals surface area contributed by atoms with Gasteiger partial charge in [-0.2, -0.15) is 11.8 Å². The Labute approximate surface area is 127 Å². The fraction of sp³-hybridized carbons (Fsp3) is 0.250. The van der Waals surface area contributed by atoms with Crippen LogP contribution in [0.5, 0.6) is 5.75 Å². The van der Waals surface area contributed by atoms with Crippen molar-refractivity contribution in [2.45, 2.75) is 0 Å². The molecule has 1 N–H and O–H groups in total. The summed E-state index contributed by atoms with van der Waals surface area (Å²) in [5.74, 6) is 0.679. The summed E-state index contributed by atoms with van der Waals surface area (Å²) < 4.78 is 7.22. The molecule has 0 aliphatic rings. The SMILES string of the molecule is CSCCOc1c(Br)cc(/C=C/C(=O)O)cc1Br. The van der Waals surface area contributed by atoms with E-state index in [-0.39, 0.29) is 0 Å². The Morgan fingerprint density at radius 1 is 1.44 bits per heavy atom. The number of ether oxygens (including phenoxy) is 1. The molecule has 0 amide bonds. The number of benzene rings is 1. The number of carboxylic acids is 1. The van der Waals surface area contributed by atoms with E-state index in [0.29, 0.717) is 6.61 Å². The smallest absolute Gasteiger partial charge is 0.328 e. The second-order valence-electron chi connectivity index (χ2n) is 3.33. The van der Waals surface area contributed by atoms with Crippen LogP contribution < -0.4 is 4.74 Å². The first-order chi connectivity index (χ1) is 8.54. The van der Waals surface area contributed by atoms with Crippen molar-refractivity contribution >= 4 is 55.7 Å². The van der Waals surface area contributed by atoms with E-state index in [1.54, 1.807) is 11.8 Å². The number of rotatable bonds is 6. The third-order valence-electron chi connectivity index (χ3n) is 1.97. The highest BCUT2D eigenvalue weighted by Crippen LogP contribution is 2.35. The summed E-state index contributed by atoms with van der Waals surface area (Å²) in [4.78, 5) is 10.4. The van der Waals surface area contributed by atoms with Crippen LogP contribution in [-0.4, -0.2) is 29.7 Å². The van der Waals surface area contributed by atoms with Gasteiger partial charge in [0.05, 0.1) is 15.6 Å². The molecular formula is C12H12Br2O3S. The third-order valence-corrected chi connectivity index (χ3v) is 3.73. The second-order valence-corrected chi connectivity index (χ2v) is 6.02. The lowest BCUT2D eigenvalue weighted by molar-refractivity contribution is -0.131. The summed E-state index contributed by atoms with van der Waals surface area (Å²) >= 11 is 8.54. The van der Waals surface area contributed by atoms with E-state index in [1.165, 1.54) is 6.08 Å². The maximum Gasteiger partial charge on any atom is 0.328 e. The molecule has 0 aliphatic carbocycles. The minimum absolute atomic E-state index is 0.628. The van der Waals surface area contributed by atoms with Crippen molar-refractivity contribution in [3.05, 3.63) is 32.7 Å². The first-order valence-corrected chi connectivity index (χ1v) is 8.04. The van der Waals surface area contributed by atoms with Crippen molar-refractivity contribution in [1.29, 1.82) is 0 Å². The quantitative estimate of drug-likeness (QED) is 0.582. The van der Waals surface area contributed by atoms with Crippen LogP contribution >= 0.6 is 43.6 Å². The molecule has 1 rings (SSSR count). The van der Waals surface area contributed by atoms with E-state index in [4.69, 9.17) is 9.84 Å². The predicted molar refractivity (Wildman–Crippen MR) is 82.4 cm³/mol. The molecule has 98 valence electrons. The molecule has 0 bridgehead atoms. The fourth-order valence-electron chi connectivity index (χ4n) is 1.21. The molecule has 1 aromatic carbocycles. The molecule has 0 fully saturated rings. The van der Waals surface area contributed by atoms with Gasteiger partial charge >= 0.3 is 5.97 Å². The zero-order valence-electron chi connectivity index (χ0n) is 9.65. The normalized spacial score (nSPS) is 10.8. The van der Waals surface area contributed by atoms with Crippen LogP contribution in [0.4, 0.5) is 0 Å². The summed E-state index contributed by atoms with van der Waals surface area (Å²) in [5.41, 5.74) is 0.786. The summed E-state index contributed by atoms with van der Waals surface area (Å²) in [6.45, 7) is 0.628. The number of hydrogen-bond donors (Lipinski definition) is 1. The zero-order valence-corrected chi connectivity index (χ0v) is 13.6. The number of halogens is 2. The Balaban J connectivity index is 2.87. The second kappa shape index (κ2) is 7.86. The minimum atomic E-state index is -0.970. The number of carbonyl (C=O) groups is 1. The molecule has 18 heavy (non-hydrogen) atoms. The summed E-state index contributed by atoms with van der Waals surface area (Å²) in [6.07, 6.45) is 4.65. The van der Waals surface area contributed by atoms with Crippen LogP contribution in [0.15, 0.2) is 27.2 Å². The number of carboxylic acid groups (broad SMARTS) is 1. The van der Waals surface area contributed by atoms with Gasteiger partial charge in [0.1, 0.15) is 5.75 Å². The molecule has 3 nitrogen and oxygen atoms in total. The van der Waals surface area contributed by atoms with Crippen molar-refractivity contribution in [3.63, 3.8) is 0 Å². The Hall–Kier alpha value is -0.460. The Morgan fingerprint density at radius 2 is 2.06 bits per heavy atom. The lowest BCUT2D eigenvalue weighted by Gasteiger charge is -2.10. The van der Waals surface area contributed by atoms with Crippen LogP contribution in [0.3, 0.4) is 0 Å². The summed E-state index contributed by atoms with van der Waals surface area (Å²) in [6, 6.07) is 3.64. The first-order valence-electron chi connectivity index (χ1n) is 5.06. The molecule has 1 aromatic rings. The molecule has 0 atom stereocenters. The molecule has 0 spiro atoms. The van der Waals surface area contributed by atoms with Gasteiger partial charge in [-0.25, -0.2) is 4.79 Å². The van der Waals surface area contributed by atoms with Crippen LogP contribution in [0, 0.1) is 0 Å². The molecule has 0 radical (unpaired) electrons.